The van der Waals surface area contributed by atoms with Crippen molar-refractivity contribution in [3.05, 3.63) is 0 Å². The number of piperidine rings is 1. The molecule has 0 spiro atoms. The predicted octanol–water partition coefficient (Wildman–Crippen LogP) is 1.24. The zero-order valence-electron chi connectivity index (χ0n) is 9.83. The molecule has 3 atom stereocenters. The zero-order chi connectivity index (χ0) is 10.8. The topological polar surface area (TPSA) is 32.3 Å². The van der Waals surface area contributed by atoms with E-state index in [2.05, 4.69) is 24.1 Å². The standard InChI is InChI=1S/C12H22N2O/c1-9-3-4-10(2)14(8-9)12(15)11-5-6-13-7-11/h9-11,13H,3-8H2,1-2H3/t9?,10?,11-/m1/s1. The second kappa shape index (κ2) is 4.52. The summed E-state index contributed by atoms with van der Waals surface area (Å²) < 4.78 is 0. The number of rotatable bonds is 1. The third-order valence-electron chi connectivity index (χ3n) is 3.81. The first kappa shape index (κ1) is 10.9. The van der Waals surface area contributed by atoms with Gasteiger partial charge >= 0.3 is 0 Å². The number of nitrogens with one attached hydrogen (secondary N) is 1. The van der Waals surface area contributed by atoms with Crippen LogP contribution in [0.15, 0.2) is 0 Å². The summed E-state index contributed by atoms with van der Waals surface area (Å²) in [5, 5.41) is 3.27. The van der Waals surface area contributed by atoms with Gasteiger partial charge in [-0.3, -0.25) is 4.79 Å². The first-order valence-electron chi connectivity index (χ1n) is 6.19. The third-order valence-corrected chi connectivity index (χ3v) is 3.81. The van der Waals surface area contributed by atoms with E-state index in [0.717, 1.165) is 26.1 Å². The van der Waals surface area contributed by atoms with Crippen molar-refractivity contribution < 1.29 is 4.79 Å². The average Bonchev–Trinajstić information content (AvgIpc) is 2.74. The third kappa shape index (κ3) is 2.33. The van der Waals surface area contributed by atoms with Crippen molar-refractivity contribution in [2.45, 2.75) is 39.2 Å². The van der Waals surface area contributed by atoms with Gasteiger partial charge in [-0.05, 0) is 38.6 Å². The van der Waals surface area contributed by atoms with E-state index in [9.17, 15) is 4.79 Å². The molecule has 0 aromatic rings. The van der Waals surface area contributed by atoms with Gasteiger partial charge in [0, 0.05) is 19.1 Å². The van der Waals surface area contributed by atoms with Crippen LogP contribution in [0, 0.1) is 11.8 Å². The Balaban J connectivity index is 1.97. The van der Waals surface area contributed by atoms with Gasteiger partial charge in [-0.25, -0.2) is 0 Å². The highest BCUT2D eigenvalue weighted by Crippen LogP contribution is 2.24. The van der Waals surface area contributed by atoms with Gasteiger partial charge in [-0.15, -0.1) is 0 Å². The number of nitrogens with zero attached hydrogens (tertiary/aromatic N) is 1. The molecule has 0 radical (unpaired) electrons. The summed E-state index contributed by atoms with van der Waals surface area (Å²) in [6, 6.07) is 0.453. The minimum absolute atomic E-state index is 0.248. The van der Waals surface area contributed by atoms with E-state index in [4.69, 9.17) is 0 Å². The quantitative estimate of drug-likeness (QED) is 0.706. The molecule has 0 aliphatic carbocycles. The highest BCUT2D eigenvalue weighted by molar-refractivity contribution is 5.79. The molecule has 15 heavy (non-hydrogen) atoms. The molecule has 0 aromatic heterocycles. The Morgan fingerprint density at radius 2 is 2.07 bits per heavy atom. The lowest BCUT2D eigenvalue weighted by Gasteiger charge is -2.38. The van der Waals surface area contributed by atoms with Gasteiger partial charge in [0.05, 0.1) is 5.92 Å². The minimum Gasteiger partial charge on any atom is -0.339 e. The summed E-state index contributed by atoms with van der Waals surface area (Å²) >= 11 is 0. The fourth-order valence-corrected chi connectivity index (χ4v) is 2.70. The van der Waals surface area contributed by atoms with E-state index < -0.39 is 0 Å². The molecule has 0 aromatic carbocycles. The molecule has 3 nitrogen and oxygen atoms in total. The molecule has 2 aliphatic rings. The smallest absolute Gasteiger partial charge is 0.227 e. The minimum atomic E-state index is 0.248. The van der Waals surface area contributed by atoms with Crippen LogP contribution in [-0.2, 0) is 4.79 Å². The van der Waals surface area contributed by atoms with Crippen LogP contribution in [0.2, 0.25) is 0 Å². The fraction of sp³-hybridized carbons (Fsp3) is 0.917. The second-order valence-electron chi connectivity index (χ2n) is 5.21. The van der Waals surface area contributed by atoms with Crippen molar-refractivity contribution in [3.63, 3.8) is 0 Å². The summed E-state index contributed by atoms with van der Waals surface area (Å²) in [6.07, 6.45) is 3.47. The van der Waals surface area contributed by atoms with Crippen LogP contribution in [-0.4, -0.2) is 36.5 Å². The maximum atomic E-state index is 12.2. The number of likely N-dealkylation sites (tertiary alicyclic amines) is 1. The molecule has 2 unspecified atom stereocenters. The lowest BCUT2D eigenvalue weighted by atomic mass is 9.93. The molecule has 1 amide bonds. The largest absolute Gasteiger partial charge is 0.339 e. The van der Waals surface area contributed by atoms with E-state index in [1.54, 1.807) is 0 Å². The van der Waals surface area contributed by atoms with Gasteiger partial charge < -0.3 is 10.2 Å². The molecule has 2 heterocycles. The maximum absolute atomic E-state index is 12.2. The molecule has 3 heteroatoms. The molecular formula is C12H22N2O. The predicted molar refractivity (Wildman–Crippen MR) is 60.5 cm³/mol. The van der Waals surface area contributed by atoms with Gasteiger partial charge in [0.15, 0.2) is 0 Å². The lowest BCUT2D eigenvalue weighted by molar-refractivity contribution is -0.139. The Hall–Kier alpha value is -0.570. The molecule has 2 rings (SSSR count). The van der Waals surface area contributed by atoms with Crippen LogP contribution >= 0.6 is 0 Å². The summed E-state index contributed by atoms with van der Waals surface area (Å²) in [7, 11) is 0. The monoisotopic (exact) mass is 210 g/mol. The van der Waals surface area contributed by atoms with E-state index in [1.165, 1.54) is 12.8 Å². The molecule has 0 saturated carbocycles. The van der Waals surface area contributed by atoms with Crippen molar-refractivity contribution in [2.24, 2.45) is 11.8 Å². The Morgan fingerprint density at radius 1 is 1.27 bits per heavy atom. The number of carbonyl (C=O) groups excluding carboxylic acids is 1. The fourth-order valence-electron chi connectivity index (χ4n) is 2.70. The normalized spacial score (nSPS) is 36.9. The molecular weight excluding hydrogens is 188 g/mol. The van der Waals surface area contributed by atoms with Gasteiger partial charge in [-0.1, -0.05) is 6.92 Å². The van der Waals surface area contributed by atoms with Crippen molar-refractivity contribution in [1.82, 2.24) is 10.2 Å². The van der Waals surface area contributed by atoms with Crippen LogP contribution in [0.25, 0.3) is 0 Å². The summed E-state index contributed by atoms with van der Waals surface area (Å²) in [6.45, 7) is 7.30. The van der Waals surface area contributed by atoms with Crippen LogP contribution in [0.1, 0.15) is 33.1 Å². The van der Waals surface area contributed by atoms with Crippen LogP contribution in [0.5, 0.6) is 0 Å². The SMILES string of the molecule is CC1CCC(C)N(C(=O)[C@@H]2CCNC2)C1. The van der Waals surface area contributed by atoms with Gasteiger partial charge in [0.2, 0.25) is 5.91 Å². The zero-order valence-corrected chi connectivity index (χ0v) is 9.83. The number of hydrogen-bond donors (Lipinski definition) is 1. The van der Waals surface area contributed by atoms with E-state index in [1.807, 2.05) is 0 Å². The van der Waals surface area contributed by atoms with E-state index in [0.29, 0.717) is 17.9 Å². The van der Waals surface area contributed by atoms with Crippen molar-refractivity contribution in [1.29, 1.82) is 0 Å². The maximum Gasteiger partial charge on any atom is 0.227 e. The van der Waals surface area contributed by atoms with Gasteiger partial charge in [0.25, 0.3) is 0 Å². The molecule has 2 saturated heterocycles. The van der Waals surface area contributed by atoms with Crippen molar-refractivity contribution in [3.8, 4) is 0 Å². The number of hydrogen-bond acceptors (Lipinski definition) is 2. The van der Waals surface area contributed by atoms with Gasteiger partial charge in [-0.2, -0.15) is 0 Å². The summed E-state index contributed by atoms with van der Waals surface area (Å²) in [4.78, 5) is 14.4. The van der Waals surface area contributed by atoms with E-state index in [-0.39, 0.29) is 5.92 Å². The molecule has 1 N–H and O–H groups in total. The molecule has 0 bridgehead atoms. The van der Waals surface area contributed by atoms with E-state index >= 15 is 0 Å². The number of amides is 1. The lowest BCUT2D eigenvalue weighted by Crippen LogP contribution is -2.47. The highest BCUT2D eigenvalue weighted by atomic mass is 16.2. The van der Waals surface area contributed by atoms with Crippen molar-refractivity contribution in [2.75, 3.05) is 19.6 Å². The first-order chi connectivity index (χ1) is 7.18. The highest BCUT2D eigenvalue weighted by Gasteiger charge is 2.32. The summed E-state index contributed by atoms with van der Waals surface area (Å²) in [5.41, 5.74) is 0. The van der Waals surface area contributed by atoms with Crippen LogP contribution < -0.4 is 5.32 Å². The van der Waals surface area contributed by atoms with Crippen LogP contribution in [0.3, 0.4) is 0 Å². The summed E-state index contributed by atoms with van der Waals surface area (Å²) in [5.74, 6) is 1.32. The Bertz CT molecular complexity index is 236. The number of carbonyl (C=O) groups is 1. The molecule has 86 valence electrons. The average molecular weight is 210 g/mol. The van der Waals surface area contributed by atoms with Crippen LogP contribution in [0.4, 0.5) is 0 Å². The molecule has 2 aliphatic heterocycles. The Morgan fingerprint density at radius 3 is 2.73 bits per heavy atom. The van der Waals surface area contributed by atoms with Gasteiger partial charge in [0.1, 0.15) is 0 Å². The first-order valence-corrected chi connectivity index (χ1v) is 6.19. The molecule has 2 fully saturated rings. The Labute approximate surface area is 92.2 Å². The Kier molecular flexibility index (Phi) is 3.29. The second-order valence-corrected chi connectivity index (χ2v) is 5.21. The van der Waals surface area contributed by atoms with Crippen molar-refractivity contribution >= 4 is 5.91 Å².